The molecule has 1 aliphatic heterocycles. The summed E-state index contributed by atoms with van der Waals surface area (Å²) in [6.07, 6.45) is 1.53. The summed E-state index contributed by atoms with van der Waals surface area (Å²) in [4.78, 5) is 43.0. The van der Waals surface area contributed by atoms with E-state index in [1.807, 2.05) is 48.5 Å². The second-order valence-electron chi connectivity index (χ2n) is 7.50. The Labute approximate surface area is 175 Å². The van der Waals surface area contributed by atoms with Gasteiger partial charge in [-0.2, -0.15) is 0 Å². The third kappa shape index (κ3) is 4.94. The van der Waals surface area contributed by atoms with Gasteiger partial charge in [0, 0.05) is 19.3 Å². The molecule has 3 amide bonds. The van der Waals surface area contributed by atoms with Crippen LogP contribution >= 0.6 is 0 Å². The van der Waals surface area contributed by atoms with Crippen LogP contribution in [0.15, 0.2) is 54.7 Å². The molecule has 0 radical (unpaired) electrons. The summed E-state index contributed by atoms with van der Waals surface area (Å²) in [6.45, 7) is 2.48. The van der Waals surface area contributed by atoms with Gasteiger partial charge >= 0.3 is 6.09 Å². The Kier molecular flexibility index (Phi) is 6.66. The second kappa shape index (κ2) is 9.39. The Balaban J connectivity index is 1.68. The predicted octanol–water partition coefficient (Wildman–Crippen LogP) is 1.51. The molecule has 3 rings (SSSR count). The van der Waals surface area contributed by atoms with Crippen molar-refractivity contribution in [2.24, 2.45) is 5.41 Å². The highest BCUT2D eigenvalue weighted by atomic mass is 16.5. The molecule has 2 aromatic rings. The number of methoxy groups -OCH3 is 1. The Morgan fingerprint density at radius 1 is 1.13 bits per heavy atom. The molecule has 0 bridgehead atoms. The van der Waals surface area contributed by atoms with Crippen molar-refractivity contribution in [1.29, 1.82) is 0 Å². The van der Waals surface area contributed by atoms with Crippen LogP contribution in [0.2, 0.25) is 0 Å². The molecule has 2 heterocycles. The van der Waals surface area contributed by atoms with Crippen molar-refractivity contribution < 1.29 is 19.1 Å². The van der Waals surface area contributed by atoms with E-state index < -0.39 is 17.6 Å². The average Bonchev–Trinajstić information content (AvgIpc) is 2.75. The van der Waals surface area contributed by atoms with Gasteiger partial charge in [0.1, 0.15) is 6.04 Å². The molecule has 8 nitrogen and oxygen atoms in total. The fourth-order valence-electron chi connectivity index (χ4n) is 3.59. The molecule has 1 saturated heterocycles. The number of rotatable bonds is 7. The molecule has 1 unspecified atom stereocenters. The fourth-order valence-corrected chi connectivity index (χ4v) is 3.59. The molecule has 0 aliphatic carbocycles. The van der Waals surface area contributed by atoms with Crippen molar-refractivity contribution in [1.82, 2.24) is 20.5 Å². The SMILES string of the molecule is COC(=O)NC(C)C(=O)N1CC(Cc2ccccc2)(C(=O)NCc2ccccn2)C1. The summed E-state index contributed by atoms with van der Waals surface area (Å²) in [5.74, 6) is -0.365. The van der Waals surface area contributed by atoms with E-state index >= 15 is 0 Å². The van der Waals surface area contributed by atoms with Gasteiger partial charge in [0.25, 0.3) is 0 Å². The van der Waals surface area contributed by atoms with Crippen LogP contribution in [-0.2, 0) is 27.3 Å². The molecular formula is C22H26N4O4. The maximum Gasteiger partial charge on any atom is 0.407 e. The summed E-state index contributed by atoms with van der Waals surface area (Å²) < 4.78 is 4.54. The number of alkyl carbamates (subject to hydrolysis) is 1. The molecule has 2 N–H and O–H groups in total. The summed E-state index contributed by atoms with van der Waals surface area (Å²) >= 11 is 0. The van der Waals surface area contributed by atoms with Gasteiger partial charge in [-0.05, 0) is 31.0 Å². The highest BCUT2D eigenvalue weighted by Gasteiger charge is 2.51. The summed E-state index contributed by atoms with van der Waals surface area (Å²) in [6, 6.07) is 14.5. The van der Waals surface area contributed by atoms with Crippen LogP contribution in [-0.4, -0.2) is 54.0 Å². The monoisotopic (exact) mass is 410 g/mol. The molecule has 0 saturated carbocycles. The first-order chi connectivity index (χ1) is 14.4. The van der Waals surface area contributed by atoms with E-state index in [1.54, 1.807) is 18.0 Å². The van der Waals surface area contributed by atoms with Gasteiger partial charge in [-0.1, -0.05) is 36.4 Å². The molecule has 1 aromatic carbocycles. The zero-order valence-corrected chi connectivity index (χ0v) is 17.1. The minimum Gasteiger partial charge on any atom is -0.453 e. The number of likely N-dealkylation sites (tertiary alicyclic amines) is 1. The first kappa shape index (κ1) is 21.3. The lowest BCUT2D eigenvalue weighted by molar-refractivity contribution is -0.154. The van der Waals surface area contributed by atoms with Gasteiger partial charge in [0.15, 0.2) is 0 Å². The molecule has 1 aliphatic rings. The lowest BCUT2D eigenvalue weighted by Gasteiger charge is -2.49. The number of nitrogens with one attached hydrogen (secondary N) is 2. The van der Waals surface area contributed by atoms with Crippen molar-refractivity contribution in [3.63, 3.8) is 0 Å². The van der Waals surface area contributed by atoms with E-state index in [0.717, 1.165) is 11.3 Å². The Bertz CT molecular complexity index is 883. The number of benzene rings is 1. The summed E-state index contributed by atoms with van der Waals surface area (Å²) in [5, 5.41) is 5.43. The first-order valence-electron chi connectivity index (χ1n) is 9.79. The van der Waals surface area contributed by atoms with Crippen molar-refractivity contribution >= 4 is 17.9 Å². The molecule has 1 atom stereocenters. The van der Waals surface area contributed by atoms with Crippen LogP contribution < -0.4 is 10.6 Å². The van der Waals surface area contributed by atoms with Gasteiger partial charge in [-0.15, -0.1) is 0 Å². The van der Waals surface area contributed by atoms with Crippen molar-refractivity contribution in [3.8, 4) is 0 Å². The van der Waals surface area contributed by atoms with Crippen LogP contribution in [0.1, 0.15) is 18.2 Å². The van der Waals surface area contributed by atoms with E-state index in [0.29, 0.717) is 13.0 Å². The van der Waals surface area contributed by atoms with E-state index in [9.17, 15) is 14.4 Å². The van der Waals surface area contributed by atoms with Crippen molar-refractivity contribution in [2.75, 3.05) is 20.2 Å². The number of carbonyl (C=O) groups excluding carboxylic acids is 3. The minimum absolute atomic E-state index is 0.116. The van der Waals surface area contributed by atoms with Gasteiger partial charge in [-0.25, -0.2) is 4.79 Å². The molecule has 1 fully saturated rings. The Morgan fingerprint density at radius 3 is 2.47 bits per heavy atom. The molecule has 1 aromatic heterocycles. The number of hydrogen-bond donors (Lipinski definition) is 2. The number of amides is 3. The van der Waals surface area contributed by atoms with Crippen LogP contribution in [0.3, 0.4) is 0 Å². The molecule has 158 valence electrons. The maximum atomic E-state index is 13.1. The third-order valence-electron chi connectivity index (χ3n) is 5.21. The lowest BCUT2D eigenvalue weighted by Crippen LogP contribution is -2.67. The standard InChI is InChI=1S/C22H26N4O4/c1-16(25-21(29)30-2)19(27)26-14-22(15-26,12-17-8-4-3-5-9-17)20(28)24-13-18-10-6-7-11-23-18/h3-11,16H,12-15H2,1-2H3,(H,24,28)(H,25,29). The topological polar surface area (TPSA) is 101 Å². The van der Waals surface area contributed by atoms with Crippen molar-refractivity contribution in [3.05, 3.63) is 66.0 Å². The number of pyridine rings is 1. The van der Waals surface area contributed by atoms with E-state index in [4.69, 9.17) is 0 Å². The number of ether oxygens (including phenoxy) is 1. The molecule has 30 heavy (non-hydrogen) atoms. The third-order valence-corrected chi connectivity index (χ3v) is 5.21. The number of carbonyl (C=O) groups is 3. The maximum absolute atomic E-state index is 13.1. The van der Waals surface area contributed by atoms with Crippen LogP contribution in [0, 0.1) is 5.41 Å². The quantitative estimate of drug-likeness (QED) is 0.721. The van der Waals surface area contributed by atoms with E-state index in [1.165, 1.54) is 7.11 Å². The molecule has 0 spiro atoms. The second-order valence-corrected chi connectivity index (χ2v) is 7.50. The fraction of sp³-hybridized carbons (Fsp3) is 0.364. The number of nitrogens with zero attached hydrogens (tertiary/aromatic N) is 2. The Hall–Kier alpha value is -3.42. The predicted molar refractivity (Wildman–Crippen MR) is 110 cm³/mol. The van der Waals surface area contributed by atoms with Crippen LogP contribution in [0.5, 0.6) is 0 Å². The number of aromatic nitrogens is 1. The highest BCUT2D eigenvalue weighted by Crippen LogP contribution is 2.35. The summed E-state index contributed by atoms with van der Waals surface area (Å²) in [7, 11) is 1.24. The molecule has 8 heteroatoms. The smallest absolute Gasteiger partial charge is 0.407 e. The van der Waals surface area contributed by atoms with E-state index in [2.05, 4.69) is 20.4 Å². The number of hydrogen-bond acceptors (Lipinski definition) is 5. The zero-order valence-electron chi connectivity index (χ0n) is 17.1. The van der Waals surface area contributed by atoms with Gasteiger partial charge in [0.05, 0.1) is 24.8 Å². The van der Waals surface area contributed by atoms with Gasteiger partial charge in [0.2, 0.25) is 11.8 Å². The normalized spacial score (nSPS) is 15.5. The highest BCUT2D eigenvalue weighted by molar-refractivity contribution is 5.90. The van der Waals surface area contributed by atoms with Gasteiger partial charge < -0.3 is 20.3 Å². The van der Waals surface area contributed by atoms with Crippen LogP contribution in [0.25, 0.3) is 0 Å². The van der Waals surface area contributed by atoms with Crippen molar-refractivity contribution in [2.45, 2.75) is 25.9 Å². The largest absolute Gasteiger partial charge is 0.453 e. The summed E-state index contributed by atoms with van der Waals surface area (Å²) in [5.41, 5.74) is 1.07. The van der Waals surface area contributed by atoms with Crippen LogP contribution in [0.4, 0.5) is 4.79 Å². The average molecular weight is 410 g/mol. The van der Waals surface area contributed by atoms with E-state index in [-0.39, 0.29) is 24.9 Å². The Morgan fingerprint density at radius 2 is 1.83 bits per heavy atom. The minimum atomic E-state index is -0.733. The van der Waals surface area contributed by atoms with Gasteiger partial charge in [-0.3, -0.25) is 14.6 Å². The first-order valence-corrected chi connectivity index (χ1v) is 9.79. The molecular weight excluding hydrogens is 384 g/mol. The zero-order chi connectivity index (χ0) is 21.6. The lowest BCUT2D eigenvalue weighted by atomic mass is 9.73.